The van der Waals surface area contributed by atoms with Crippen LogP contribution in [0.5, 0.6) is 23.1 Å². The number of hydrogen-bond donors (Lipinski definition) is 1. The Hall–Kier alpha value is -1.30. The minimum absolute atomic E-state index is 0. The number of hydrogen-bond acceptors (Lipinski definition) is 9. The van der Waals surface area contributed by atoms with Crippen LogP contribution in [0, 0.1) is 0 Å². The molecule has 176 valence electrons. The summed E-state index contributed by atoms with van der Waals surface area (Å²) in [7, 11) is 3.08. The van der Waals surface area contributed by atoms with Gasteiger partial charge < -0.3 is 34.0 Å². The Labute approximate surface area is 221 Å². The molecule has 11 heteroatoms. The molecule has 1 aromatic heterocycles. The molecule has 0 aliphatic carbocycles. The second-order valence-electron chi connectivity index (χ2n) is 7.24. The fraction of sp³-hybridized carbons (Fsp3) is 0.500. The Morgan fingerprint density at radius 1 is 1.09 bits per heavy atom. The van der Waals surface area contributed by atoms with E-state index >= 15 is 0 Å². The zero-order valence-corrected chi connectivity index (χ0v) is 22.7. The van der Waals surface area contributed by atoms with E-state index in [1.165, 1.54) is 7.11 Å². The van der Waals surface area contributed by atoms with Gasteiger partial charge in [-0.05, 0) is 54.1 Å². The number of aromatic nitrogens is 1. The summed E-state index contributed by atoms with van der Waals surface area (Å²) >= 11 is -2.51. The van der Waals surface area contributed by atoms with Crippen LogP contribution in [-0.2, 0) is 48.5 Å². The van der Waals surface area contributed by atoms with Crippen LogP contribution >= 0.6 is 0 Å². The number of benzene rings is 1. The molecule has 33 heavy (non-hydrogen) atoms. The van der Waals surface area contributed by atoms with Crippen LogP contribution in [0.25, 0.3) is 0 Å². The normalized spacial score (nSPS) is 18.3. The summed E-state index contributed by atoms with van der Waals surface area (Å²) in [5.74, 6) is 1.48. The molecular weight excluding hydrogens is 525 g/mol. The number of rotatable bonds is 11. The third kappa shape index (κ3) is 6.87. The fourth-order valence-electron chi connectivity index (χ4n) is 3.58. The van der Waals surface area contributed by atoms with E-state index in [2.05, 4.69) is 4.98 Å². The predicted octanol–water partition coefficient (Wildman–Crippen LogP) is 3.05. The first-order valence-corrected chi connectivity index (χ1v) is 11.6. The summed E-state index contributed by atoms with van der Waals surface area (Å²) < 4.78 is 52.1. The molecule has 1 aromatic carbocycles. The van der Waals surface area contributed by atoms with Gasteiger partial charge in [0.1, 0.15) is 6.61 Å². The van der Waals surface area contributed by atoms with Gasteiger partial charge in [-0.15, -0.1) is 0 Å². The molecule has 0 amide bonds. The molecule has 0 radical (unpaired) electrons. The molecule has 2 N–H and O–H groups in total. The summed E-state index contributed by atoms with van der Waals surface area (Å²) in [6.07, 6.45) is 3.36. The standard InChI is InChI=1S/C22H30N2O7S.Y/c1-4-8-30-21-18(29-9-7-23)10-14(12-20(21)32(25)26)16-5-6-17(31-16)15-11-19(27-2)22(28-3)24-13-15;/h10-13,16-17H,4-9,23H2,1-3H3,(H,25,26);/q;+3/p-1. The number of pyridine rings is 1. The van der Waals surface area contributed by atoms with Crippen LogP contribution in [-0.4, -0.2) is 47.7 Å². The molecule has 3 atom stereocenters. The van der Waals surface area contributed by atoms with Crippen LogP contribution in [0.15, 0.2) is 29.3 Å². The number of nitrogens with two attached hydrogens (primary N) is 1. The third-order valence-electron chi connectivity index (χ3n) is 5.06. The molecule has 0 saturated carbocycles. The van der Waals surface area contributed by atoms with Crippen LogP contribution in [0.3, 0.4) is 0 Å². The Bertz CT molecular complexity index is 947. The molecule has 3 rings (SSSR count). The van der Waals surface area contributed by atoms with Crippen molar-refractivity contribution in [1.29, 1.82) is 0 Å². The van der Waals surface area contributed by atoms with Crippen molar-refractivity contribution in [3.63, 3.8) is 0 Å². The average molecular weight is 554 g/mol. The molecule has 1 fully saturated rings. The average Bonchev–Trinajstić information content (AvgIpc) is 3.31. The first kappa shape index (κ1) is 27.9. The molecule has 1 aliphatic rings. The summed E-state index contributed by atoms with van der Waals surface area (Å²) in [6, 6.07) is 5.20. The Kier molecular flexibility index (Phi) is 11.5. The van der Waals surface area contributed by atoms with Gasteiger partial charge in [0.25, 0.3) is 5.88 Å². The van der Waals surface area contributed by atoms with Crippen molar-refractivity contribution in [2.24, 2.45) is 5.73 Å². The van der Waals surface area contributed by atoms with Gasteiger partial charge >= 0.3 is 32.7 Å². The van der Waals surface area contributed by atoms with Crippen LogP contribution in [0.2, 0.25) is 0 Å². The first-order valence-electron chi connectivity index (χ1n) is 10.5. The van der Waals surface area contributed by atoms with Gasteiger partial charge in [0.2, 0.25) is 0 Å². The van der Waals surface area contributed by atoms with E-state index in [4.69, 9.17) is 29.4 Å². The van der Waals surface area contributed by atoms with Gasteiger partial charge in [0.15, 0.2) is 17.2 Å². The monoisotopic (exact) mass is 554 g/mol. The summed E-state index contributed by atoms with van der Waals surface area (Å²) in [6.45, 7) is 2.85. The van der Waals surface area contributed by atoms with E-state index in [9.17, 15) is 8.76 Å². The van der Waals surface area contributed by atoms with E-state index in [1.54, 1.807) is 25.4 Å². The molecular formula is C22H29N2O7SY+2. The maximum absolute atomic E-state index is 12.0. The minimum Gasteiger partial charge on any atom is -0.768 e. The van der Waals surface area contributed by atoms with E-state index in [-0.39, 0.29) is 62.2 Å². The molecule has 0 bridgehead atoms. The van der Waals surface area contributed by atoms with Crippen molar-refractivity contribution in [3.05, 3.63) is 35.5 Å². The Morgan fingerprint density at radius 3 is 2.39 bits per heavy atom. The summed E-state index contributed by atoms with van der Waals surface area (Å²) in [5, 5.41) is 0. The van der Waals surface area contributed by atoms with Crippen LogP contribution in [0.1, 0.15) is 49.5 Å². The van der Waals surface area contributed by atoms with Gasteiger partial charge in [-0.25, -0.2) is 4.98 Å². The molecule has 1 aliphatic heterocycles. The molecule has 1 saturated heterocycles. The van der Waals surface area contributed by atoms with Crippen LogP contribution < -0.4 is 24.7 Å². The van der Waals surface area contributed by atoms with Gasteiger partial charge in [0, 0.05) is 18.3 Å². The Balaban J connectivity index is 0.00000385. The van der Waals surface area contributed by atoms with E-state index in [0.717, 1.165) is 18.4 Å². The van der Waals surface area contributed by atoms with Gasteiger partial charge in [-0.3, -0.25) is 4.21 Å². The largest absolute Gasteiger partial charge is 3.00 e. The van der Waals surface area contributed by atoms with Gasteiger partial charge in [0.05, 0.1) is 37.9 Å². The smallest absolute Gasteiger partial charge is 0.768 e. The fourth-order valence-corrected chi connectivity index (χ4v) is 4.12. The maximum Gasteiger partial charge on any atom is 3.00 e. The first-order chi connectivity index (χ1) is 15.5. The second-order valence-corrected chi connectivity index (χ2v) is 8.15. The second kappa shape index (κ2) is 13.6. The van der Waals surface area contributed by atoms with Crippen LogP contribution in [0.4, 0.5) is 0 Å². The maximum atomic E-state index is 12.0. The number of ether oxygens (including phenoxy) is 5. The zero-order chi connectivity index (χ0) is 23.1. The van der Waals surface area contributed by atoms with Gasteiger partial charge in [-0.1, -0.05) is 6.92 Å². The molecule has 0 spiro atoms. The zero-order valence-electron chi connectivity index (χ0n) is 19.1. The molecule has 2 aromatic rings. The van der Waals surface area contributed by atoms with Gasteiger partial charge in [-0.2, -0.15) is 0 Å². The number of methoxy groups -OCH3 is 2. The van der Waals surface area contributed by atoms with E-state index < -0.39 is 11.1 Å². The SMILES string of the molecule is CCCOc1c(OCCN)cc(C2CCC(c3cnc(OC)c(OC)c3)O2)cc1S(=O)[O-].[Y+3]. The van der Waals surface area contributed by atoms with E-state index in [0.29, 0.717) is 42.5 Å². The van der Waals surface area contributed by atoms with E-state index in [1.807, 2.05) is 13.0 Å². The molecule has 3 unspecified atom stereocenters. The quantitative estimate of drug-likeness (QED) is 0.417. The van der Waals surface area contributed by atoms with Crippen molar-refractivity contribution in [1.82, 2.24) is 4.98 Å². The van der Waals surface area contributed by atoms with Crippen molar-refractivity contribution in [3.8, 4) is 23.1 Å². The topological polar surface area (TPSA) is 125 Å². The third-order valence-corrected chi connectivity index (χ3v) is 5.73. The van der Waals surface area contributed by atoms with Crippen molar-refractivity contribution in [2.75, 3.05) is 34.0 Å². The molecule has 9 nitrogen and oxygen atoms in total. The van der Waals surface area contributed by atoms with Crippen molar-refractivity contribution < 1.29 is 65.2 Å². The summed E-state index contributed by atoms with van der Waals surface area (Å²) in [5.41, 5.74) is 7.14. The predicted molar refractivity (Wildman–Crippen MR) is 117 cm³/mol. The van der Waals surface area contributed by atoms with Crippen molar-refractivity contribution >= 4 is 11.1 Å². The Morgan fingerprint density at radius 2 is 1.79 bits per heavy atom. The molecule has 2 heterocycles. The summed E-state index contributed by atoms with van der Waals surface area (Å²) in [4.78, 5) is 4.32. The number of nitrogens with zero attached hydrogens (tertiary/aromatic N) is 1. The van der Waals surface area contributed by atoms with Crippen molar-refractivity contribution in [2.45, 2.75) is 43.3 Å². The minimum atomic E-state index is -2.51.